The van der Waals surface area contributed by atoms with Crippen LogP contribution in [0.25, 0.3) is 0 Å². The molecule has 0 heterocycles. The predicted octanol–water partition coefficient (Wildman–Crippen LogP) is 1.93. The number of rotatable bonds is 2. The summed E-state index contributed by atoms with van der Waals surface area (Å²) in [6.45, 7) is 7.69. The highest BCUT2D eigenvalue weighted by atomic mass is 28.3. The van der Waals surface area contributed by atoms with Crippen LogP contribution in [0.15, 0.2) is 24.3 Å². The van der Waals surface area contributed by atoms with Crippen molar-refractivity contribution < 1.29 is 0 Å². The Morgan fingerprint density at radius 2 is 1.73 bits per heavy atom. The summed E-state index contributed by atoms with van der Waals surface area (Å²) >= 11 is 0. The first-order valence-electron chi connectivity index (χ1n) is 5.33. The maximum atomic E-state index is 5.38. The van der Waals surface area contributed by atoms with Crippen molar-refractivity contribution in [1.29, 1.82) is 0 Å². The maximum absolute atomic E-state index is 5.38. The van der Waals surface area contributed by atoms with Gasteiger partial charge in [-0.2, -0.15) is 0 Å². The van der Waals surface area contributed by atoms with Crippen molar-refractivity contribution >= 4 is 13.3 Å². The molecule has 0 radical (unpaired) electrons. The molecule has 80 valence electrons. The summed E-state index contributed by atoms with van der Waals surface area (Å²) in [5, 5.41) is 1.48. The fraction of sp³-hybridized carbons (Fsp3) is 0.385. The zero-order chi connectivity index (χ0) is 11.3. The molecule has 0 amide bonds. The first-order chi connectivity index (χ1) is 7.04. The van der Waals surface area contributed by atoms with Gasteiger partial charge in [-0.1, -0.05) is 48.8 Å². The minimum absolute atomic E-state index is 0.639. The third kappa shape index (κ3) is 3.91. The van der Waals surface area contributed by atoms with Gasteiger partial charge in [0.1, 0.15) is 0 Å². The zero-order valence-electron chi connectivity index (χ0n) is 9.80. The van der Waals surface area contributed by atoms with Crippen molar-refractivity contribution in [1.82, 2.24) is 0 Å². The summed E-state index contributed by atoms with van der Waals surface area (Å²) in [4.78, 5) is 0. The maximum Gasteiger partial charge on any atom is 0.0775 e. The average Bonchev–Trinajstić information content (AvgIpc) is 2.18. The largest absolute Gasteiger partial charge is 0.330 e. The molecular formula is C13H19NSi. The molecule has 2 N–H and O–H groups in total. The predicted molar refractivity (Wildman–Crippen MR) is 70.0 cm³/mol. The van der Waals surface area contributed by atoms with Crippen molar-refractivity contribution in [2.24, 2.45) is 5.73 Å². The van der Waals surface area contributed by atoms with Crippen LogP contribution in [-0.4, -0.2) is 14.6 Å². The van der Waals surface area contributed by atoms with E-state index < -0.39 is 8.07 Å². The Bertz CT molecular complexity index is 362. The van der Waals surface area contributed by atoms with E-state index in [1.165, 1.54) is 5.19 Å². The Labute approximate surface area is 93.7 Å². The first-order valence-corrected chi connectivity index (χ1v) is 8.83. The van der Waals surface area contributed by atoms with E-state index in [-0.39, 0.29) is 0 Å². The summed E-state index contributed by atoms with van der Waals surface area (Å²) in [5.74, 6) is 6.16. The quantitative estimate of drug-likeness (QED) is 0.594. The monoisotopic (exact) mass is 217 g/mol. The van der Waals surface area contributed by atoms with E-state index in [1.54, 1.807) is 0 Å². The minimum atomic E-state index is -1.16. The third-order valence-electron chi connectivity index (χ3n) is 2.25. The van der Waals surface area contributed by atoms with Crippen LogP contribution in [0.1, 0.15) is 12.0 Å². The van der Waals surface area contributed by atoms with Crippen LogP contribution in [0.5, 0.6) is 0 Å². The molecule has 1 nitrogen and oxygen atoms in total. The van der Waals surface area contributed by atoms with E-state index in [4.69, 9.17) is 5.73 Å². The number of hydrogen-bond donors (Lipinski definition) is 1. The highest BCUT2D eigenvalue weighted by Crippen LogP contribution is 2.03. The van der Waals surface area contributed by atoms with E-state index in [0.29, 0.717) is 6.54 Å². The molecule has 0 aliphatic carbocycles. The van der Waals surface area contributed by atoms with Crippen LogP contribution >= 0.6 is 0 Å². The standard InChI is InChI=1S/C13H19NSi/c1-15(2,3)13-9-7-12(8-10-13)6-4-5-11-14/h7-10H,5,11,14H2,1-3H3. The van der Waals surface area contributed by atoms with E-state index in [9.17, 15) is 0 Å². The minimum Gasteiger partial charge on any atom is -0.330 e. The summed E-state index contributed by atoms with van der Waals surface area (Å²) in [6.07, 6.45) is 0.774. The van der Waals surface area contributed by atoms with Gasteiger partial charge in [-0.05, 0) is 12.1 Å². The van der Waals surface area contributed by atoms with Crippen molar-refractivity contribution in [3.63, 3.8) is 0 Å². The highest BCUT2D eigenvalue weighted by molar-refractivity contribution is 6.88. The van der Waals surface area contributed by atoms with Gasteiger partial charge < -0.3 is 5.73 Å². The average molecular weight is 217 g/mol. The molecule has 1 rings (SSSR count). The van der Waals surface area contributed by atoms with Gasteiger partial charge in [0, 0.05) is 18.5 Å². The molecule has 1 aromatic rings. The van der Waals surface area contributed by atoms with Crippen LogP contribution in [0.2, 0.25) is 19.6 Å². The molecule has 0 aromatic heterocycles. The van der Waals surface area contributed by atoms with Crippen molar-refractivity contribution in [2.75, 3.05) is 6.54 Å². The fourth-order valence-electron chi connectivity index (χ4n) is 1.29. The highest BCUT2D eigenvalue weighted by Gasteiger charge is 2.15. The molecule has 0 saturated heterocycles. The zero-order valence-corrected chi connectivity index (χ0v) is 10.8. The summed E-state index contributed by atoms with van der Waals surface area (Å²) in [5.41, 5.74) is 6.47. The molecule has 0 saturated carbocycles. The van der Waals surface area contributed by atoms with Gasteiger partial charge in [-0.25, -0.2) is 0 Å². The van der Waals surface area contributed by atoms with Crippen LogP contribution < -0.4 is 10.9 Å². The summed E-state index contributed by atoms with van der Waals surface area (Å²) < 4.78 is 0. The van der Waals surface area contributed by atoms with Crippen molar-refractivity contribution in [3.05, 3.63) is 29.8 Å². The summed E-state index contributed by atoms with van der Waals surface area (Å²) in [6, 6.07) is 8.63. The van der Waals surface area contributed by atoms with E-state index in [1.807, 2.05) is 0 Å². The van der Waals surface area contributed by atoms with Gasteiger partial charge in [0.25, 0.3) is 0 Å². The number of nitrogens with two attached hydrogens (primary N) is 1. The summed E-state index contributed by atoms with van der Waals surface area (Å²) in [7, 11) is -1.16. The third-order valence-corrected chi connectivity index (χ3v) is 4.32. The molecule has 0 bridgehead atoms. The second-order valence-electron chi connectivity index (χ2n) is 4.67. The molecular weight excluding hydrogens is 198 g/mol. The Kier molecular flexibility index (Phi) is 4.13. The second kappa shape index (κ2) is 5.15. The molecule has 1 aromatic carbocycles. The number of hydrogen-bond acceptors (Lipinski definition) is 1. The smallest absolute Gasteiger partial charge is 0.0775 e. The normalized spacial score (nSPS) is 10.7. The van der Waals surface area contributed by atoms with Crippen LogP contribution in [0.4, 0.5) is 0 Å². The number of benzene rings is 1. The van der Waals surface area contributed by atoms with Crippen LogP contribution in [0, 0.1) is 11.8 Å². The van der Waals surface area contributed by atoms with E-state index in [0.717, 1.165) is 12.0 Å². The molecule has 15 heavy (non-hydrogen) atoms. The molecule has 0 spiro atoms. The lowest BCUT2D eigenvalue weighted by Crippen LogP contribution is -2.37. The molecule has 0 aliphatic heterocycles. The topological polar surface area (TPSA) is 26.0 Å². The lowest BCUT2D eigenvalue weighted by Gasteiger charge is -2.15. The van der Waals surface area contributed by atoms with Crippen molar-refractivity contribution in [2.45, 2.75) is 26.1 Å². The van der Waals surface area contributed by atoms with Crippen LogP contribution in [-0.2, 0) is 0 Å². The Morgan fingerprint density at radius 3 is 2.20 bits per heavy atom. The van der Waals surface area contributed by atoms with Gasteiger partial charge >= 0.3 is 0 Å². The van der Waals surface area contributed by atoms with Gasteiger partial charge in [-0.15, -0.1) is 0 Å². The SMILES string of the molecule is C[Si](C)(C)c1ccc(C#CCCN)cc1. The first kappa shape index (κ1) is 12.0. The van der Waals surface area contributed by atoms with Gasteiger partial charge in [0.05, 0.1) is 8.07 Å². The lowest BCUT2D eigenvalue weighted by atomic mass is 10.2. The van der Waals surface area contributed by atoms with E-state index in [2.05, 4.69) is 55.7 Å². The van der Waals surface area contributed by atoms with E-state index >= 15 is 0 Å². The molecule has 0 unspecified atom stereocenters. The second-order valence-corrected chi connectivity index (χ2v) is 9.75. The van der Waals surface area contributed by atoms with Crippen LogP contribution in [0.3, 0.4) is 0 Å². The molecule has 2 heteroatoms. The fourth-order valence-corrected chi connectivity index (χ4v) is 2.46. The molecule has 0 atom stereocenters. The lowest BCUT2D eigenvalue weighted by molar-refractivity contribution is 1.03. The van der Waals surface area contributed by atoms with Gasteiger partial charge in [0.15, 0.2) is 0 Å². The van der Waals surface area contributed by atoms with Crippen molar-refractivity contribution in [3.8, 4) is 11.8 Å². The van der Waals surface area contributed by atoms with Gasteiger partial charge in [-0.3, -0.25) is 0 Å². The Morgan fingerprint density at radius 1 is 1.13 bits per heavy atom. The molecule has 0 aliphatic rings. The Balaban J connectivity index is 2.79. The Hall–Kier alpha value is -1.04. The van der Waals surface area contributed by atoms with Gasteiger partial charge in [0.2, 0.25) is 0 Å². The molecule has 0 fully saturated rings.